The van der Waals surface area contributed by atoms with E-state index in [0.29, 0.717) is 6.04 Å². The summed E-state index contributed by atoms with van der Waals surface area (Å²) in [6.45, 7) is 0.970. The summed E-state index contributed by atoms with van der Waals surface area (Å²) in [4.78, 5) is 6.97. The van der Waals surface area contributed by atoms with Crippen LogP contribution in [0, 0.1) is 0 Å². The van der Waals surface area contributed by atoms with E-state index >= 15 is 0 Å². The van der Waals surface area contributed by atoms with E-state index in [9.17, 15) is 0 Å². The van der Waals surface area contributed by atoms with Gasteiger partial charge in [0.15, 0.2) is 0 Å². The third-order valence-corrected chi connectivity index (χ3v) is 4.09. The van der Waals surface area contributed by atoms with E-state index in [4.69, 9.17) is 0 Å². The number of pyridine rings is 1. The predicted octanol–water partition coefficient (Wildman–Crippen LogP) is 4.07. The van der Waals surface area contributed by atoms with E-state index in [2.05, 4.69) is 54.8 Å². The second kappa shape index (κ2) is 4.78. The SMILES string of the molecule is Brc1cccc(N(Cc2ccsc2)C2CC2)n1. The van der Waals surface area contributed by atoms with Crippen molar-refractivity contribution in [3.8, 4) is 0 Å². The summed E-state index contributed by atoms with van der Waals surface area (Å²) >= 11 is 5.20. The van der Waals surface area contributed by atoms with E-state index in [-0.39, 0.29) is 0 Å². The minimum atomic E-state index is 0.677. The monoisotopic (exact) mass is 308 g/mol. The summed E-state index contributed by atoms with van der Waals surface area (Å²) in [7, 11) is 0. The summed E-state index contributed by atoms with van der Waals surface area (Å²) in [5.74, 6) is 1.08. The highest BCUT2D eigenvalue weighted by molar-refractivity contribution is 9.10. The largest absolute Gasteiger partial charge is 0.349 e. The lowest BCUT2D eigenvalue weighted by molar-refractivity contribution is 0.778. The van der Waals surface area contributed by atoms with Gasteiger partial charge >= 0.3 is 0 Å². The molecule has 0 radical (unpaired) electrons. The van der Waals surface area contributed by atoms with Crippen LogP contribution in [0.25, 0.3) is 0 Å². The maximum absolute atomic E-state index is 4.56. The van der Waals surface area contributed by atoms with Crippen molar-refractivity contribution < 1.29 is 0 Å². The lowest BCUT2D eigenvalue weighted by Gasteiger charge is -2.23. The summed E-state index contributed by atoms with van der Waals surface area (Å²) in [5.41, 5.74) is 1.38. The van der Waals surface area contributed by atoms with Crippen LogP contribution in [-0.2, 0) is 6.54 Å². The van der Waals surface area contributed by atoms with Crippen LogP contribution in [-0.4, -0.2) is 11.0 Å². The fraction of sp³-hybridized carbons (Fsp3) is 0.308. The average Bonchev–Trinajstić information content (AvgIpc) is 3.03. The predicted molar refractivity (Wildman–Crippen MR) is 75.5 cm³/mol. The first-order valence-corrected chi connectivity index (χ1v) is 7.47. The second-order valence-corrected chi connectivity index (χ2v) is 5.90. The van der Waals surface area contributed by atoms with Gasteiger partial charge in [0.25, 0.3) is 0 Å². The molecule has 0 aromatic carbocycles. The zero-order valence-corrected chi connectivity index (χ0v) is 11.7. The van der Waals surface area contributed by atoms with E-state index in [0.717, 1.165) is 17.0 Å². The van der Waals surface area contributed by atoms with Gasteiger partial charge in [0.05, 0.1) is 0 Å². The molecule has 1 aliphatic carbocycles. The molecule has 1 aliphatic rings. The Morgan fingerprint density at radius 1 is 1.35 bits per heavy atom. The van der Waals surface area contributed by atoms with Gasteiger partial charge in [0.1, 0.15) is 10.4 Å². The lowest BCUT2D eigenvalue weighted by atomic mass is 10.3. The first-order valence-electron chi connectivity index (χ1n) is 5.73. The Morgan fingerprint density at radius 2 is 2.24 bits per heavy atom. The van der Waals surface area contributed by atoms with Crippen LogP contribution >= 0.6 is 27.3 Å². The minimum absolute atomic E-state index is 0.677. The van der Waals surface area contributed by atoms with E-state index in [1.165, 1.54) is 18.4 Å². The van der Waals surface area contributed by atoms with Crippen LogP contribution in [0.5, 0.6) is 0 Å². The number of hydrogen-bond donors (Lipinski definition) is 0. The topological polar surface area (TPSA) is 16.1 Å². The first kappa shape index (κ1) is 11.2. The molecule has 1 fully saturated rings. The van der Waals surface area contributed by atoms with Crippen LogP contribution in [0.1, 0.15) is 18.4 Å². The molecule has 0 N–H and O–H groups in total. The molecule has 0 spiro atoms. The van der Waals surface area contributed by atoms with Crippen LogP contribution < -0.4 is 4.90 Å². The van der Waals surface area contributed by atoms with Crippen molar-refractivity contribution in [3.05, 3.63) is 45.2 Å². The van der Waals surface area contributed by atoms with Crippen LogP contribution in [0.3, 0.4) is 0 Å². The zero-order chi connectivity index (χ0) is 11.7. The standard InChI is InChI=1S/C13H13BrN2S/c14-12-2-1-3-13(15-12)16(11-4-5-11)8-10-6-7-17-9-10/h1-3,6-7,9,11H,4-5,8H2. The average molecular weight is 309 g/mol. The molecule has 2 aromatic rings. The fourth-order valence-corrected chi connectivity index (χ4v) is 2.91. The van der Waals surface area contributed by atoms with Crippen molar-refractivity contribution in [2.24, 2.45) is 0 Å². The van der Waals surface area contributed by atoms with Crippen molar-refractivity contribution in [2.45, 2.75) is 25.4 Å². The summed E-state index contributed by atoms with van der Waals surface area (Å²) in [5, 5.41) is 4.35. The number of aromatic nitrogens is 1. The Morgan fingerprint density at radius 3 is 2.88 bits per heavy atom. The number of rotatable bonds is 4. The number of hydrogen-bond acceptors (Lipinski definition) is 3. The lowest BCUT2D eigenvalue weighted by Crippen LogP contribution is -2.25. The van der Waals surface area contributed by atoms with Gasteiger partial charge in [0.2, 0.25) is 0 Å². The normalized spacial score (nSPS) is 14.9. The van der Waals surface area contributed by atoms with Gasteiger partial charge in [-0.25, -0.2) is 4.98 Å². The molecule has 0 unspecified atom stereocenters. The summed E-state index contributed by atoms with van der Waals surface area (Å²) in [6, 6.07) is 8.99. The molecule has 3 rings (SSSR count). The Balaban J connectivity index is 1.85. The molecule has 0 saturated heterocycles. The number of thiophene rings is 1. The van der Waals surface area contributed by atoms with Crippen molar-refractivity contribution in [3.63, 3.8) is 0 Å². The third-order valence-electron chi connectivity index (χ3n) is 2.92. The number of anilines is 1. The quantitative estimate of drug-likeness (QED) is 0.791. The molecular weight excluding hydrogens is 296 g/mol. The zero-order valence-electron chi connectivity index (χ0n) is 9.34. The summed E-state index contributed by atoms with van der Waals surface area (Å²) in [6.07, 6.45) is 2.58. The molecular formula is C13H13BrN2S. The Hall–Kier alpha value is -0.870. The van der Waals surface area contributed by atoms with Crippen LogP contribution in [0.2, 0.25) is 0 Å². The Bertz CT molecular complexity index is 494. The van der Waals surface area contributed by atoms with Gasteiger partial charge in [-0.05, 0) is 63.3 Å². The molecule has 0 bridgehead atoms. The van der Waals surface area contributed by atoms with E-state index in [1.807, 2.05) is 6.07 Å². The fourth-order valence-electron chi connectivity index (χ4n) is 1.92. The van der Waals surface area contributed by atoms with Gasteiger partial charge in [-0.1, -0.05) is 6.07 Å². The summed E-state index contributed by atoms with van der Waals surface area (Å²) < 4.78 is 0.908. The van der Waals surface area contributed by atoms with Crippen molar-refractivity contribution >= 4 is 33.1 Å². The highest BCUT2D eigenvalue weighted by atomic mass is 79.9. The highest BCUT2D eigenvalue weighted by Crippen LogP contribution is 2.32. The number of nitrogens with zero attached hydrogens (tertiary/aromatic N) is 2. The number of halogens is 1. The molecule has 2 heterocycles. The molecule has 4 heteroatoms. The van der Waals surface area contributed by atoms with Crippen molar-refractivity contribution in [2.75, 3.05) is 4.90 Å². The van der Waals surface area contributed by atoms with Crippen molar-refractivity contribution in [1.29, 1.82) is 0 Å². The van der Waals surface area contributed by atoms with Crippen molar-refractivity contribution in [1.82, 2.24) is 4.98 Å². The van der Waals surface area contributed by atoms with Crippen LogP contribution in [0.15, 0.2) is 39.6 Å². The van der Waals surface area contributed by atoms with Gasteiger partial charge < -0.3 is 4.90 Å². The minimum Gasteiger partial charge on any atom is -0.349 e. The molecule has 2 aromatic heterocycles. The molecule has 0 atom stereocenters. The molecule has 88 valence electrons. The maximum atomic E-state index is 4.56. The highest BCUT2D eigenvalue weighted by Gasteiger charge is 2.30. The molecule has 0 aliphatic heterocycles. The van der Waals surface area contributed by atoms with E-state index in [1.54, 1.807) is 11.3 Å². The smallest absolute Gasteiger partial charge is 0.130 e. The first-order chi connectivity index (χ1) is 8.33. The van der Waals surface area contributed by atoms with Gasteiger partial charge in [-0.2, -0.15) is 11.3 Å². The van der Waals surface area contributed by atoms with E-state index < -0.39 is 0 Å². The molecule has 1 saturated carbocycles. The van der Waals surface area contributed by atoms with Gasteiger partial charge in [0, 0.05) is 12.6 Å². The second-order valence-electron chi connectivity index (χ2n) is 4.31. The Labute approximate surface area is 113 Å². The molecule has 17 heavy (non-hydrogen) atoms. The third kappa shape index (κ3) is 2.69. The molecule has 2 nitrogen and oxygen atoms in total. The van der Waals surface area contributed by atoms with Crippen LogP contribution in [0.4, 0.5) is 5.82 Å². The van der Waals surface area contributed by atoms with Gasteiger partial charge in [-0.15, -0.1) is 0 Å². The maximum Gasteiger partial charge on any atom is 0.130 e. The molecule has 0 amide bonds. The Kier molecular flexibility index (Phi) is 3.16. The van der Waals surface area contributed by atoms with Gasteiger partial charge in [-0.3, -0.25) is 0 Å².